The number of anilines is 3. The van der Waals surface area contributed by atoms with Crippen LogP contribution in [0.1, 0.15) is 19.4 Å². The topological polar surface area (TPSA) is 59.1 Å². The number of rotatable bonds is 6. The minimum absolute atomic E-state index is 0.194. The molecule has 1 heterocycles. The normalized spacial score (nSPS) is 10.3. The Balaban J connectivity index is 2.32. The molecule has 0 spiro atoms. The molecule has 0 radical (unpaired) electrons. The molecule has 0 aliphatic heterocycles. The van der Waals surface area contributed by atoms with E-state index in [4.69, 9.17) is 4.74 Å². The fourth-order valence-electron chi connectivity index (χ4n) is 2.05. The van der Waals surface area contributed by atoms with Gasteiger partial charge in [-0.1, -0.05) is 6.92 Å². The van der Waals surface area contributed by atoms with Crippen LogP contribution >= 0.6 is 0 Å². The molecule has 2 N–H and O–H groups in total. The summed E-state index contributed by atoms with van der Waals surface area (Å²) in [6.07, 6.45) is 2.28. The summed E-state index contributed by atoms with van der Waals surface area (Å²) in [6, 6.07) is 4.61. The van der Waals surface area contributed by atoms with Crippen LogP contribution in [0.2, 0.25) is 0 Å². The number of methoxy groups -OCH3 is 1. The van der Waals surface area contributed by atoms with Gasteiger partial charge < -0.3 is 15.4 Å². The van der Waals surface area contributed by atoms with Crippen LogP contribution in [-0.2, 0) is 6.42 Å². The van der Waals surface area contributed by atoms with Crippen LogP contribution in [0.25, 0.3) is 0 Å². The van der Waals surface area contributed by atoms with Crippen LogP contribution in [0, 0.1) is 5.82 Å². The monoisotopic (exact) mass is 290 g/mol. The molecule has 5 nitrogen and oxygen atoms in total. The summed E-state index contributed by atoms with van der Waals surface area (Å²) in [5.41, 5.74) is 1.70. The number of nitrogens with zero attached hydrogens (tertiary/aromatic N) is 2. The van der Waals surface area contributed by atoms with Gasteiger partial charge in [0, 0.05) is 23.9 Å². The van der Waals surface area contributed by atoms with Crippen molar-refractivity contribution in [2.24, 2.45) is 0 Å². The van der Waals surface area contributed by atoms with Crippen molar-refractivity contribution in [1.29, 1.82) is 0 Å². The van der Waals surface area contributed by atoms with E-state index in [0.717, 1.165) is 24.3 Å². The molecule has 2 rings (SSSR count). The number of hydrogen-bond acceptors (Lipinski definition) is 5. The Hall–Kier alpha value is -2.37. The Labute approximate surface area is 123 Å². The average molecular weight is 290 g/mol. The third-order valence-corrected chi connectivity index (χ3v) is 3.06. The maximum absolute atomic E-state index is 13.4. The van der Waals surface area contributed by atoms with E-state index in [1.807, 2.05) is 13.8 Å². The molecule has 2 aromatic rings. The van der Waals surface area contributed by atoms with Gasteiger partial charge in [-0.05, 0) is 25.5 Å². The van der Waals surface area contributed by atoms with Crippen LogP contribution < -0.4 is 15.4 Å². The van der Waals surface area contributed by atoms with Gasteiger partial charge in [0.05, 0.1) is 7.11 Å². The van der Waals surface area contributed by atoms with Gasteiger partial charge in [-0.15, -0.1) is 0 Å². The molecule has 0 unspecified atom stereocenters. The number of hydrogen-bond donors (Lipinski definition) is 2. The Kier molecular flexibility index (Phi) is 4.92. The van der Waals surface area contributed by atoms with Crippen molar-refractivity contribution >= 4 is 17.3 Å². The highest BCUT2D eigenvalue weighted by molar-refractivity contribution is 5.65. The molecule has 6 heteroatoms. The molecule has 0 saturated heterocycles. The largest absolute Gasteiger partial charge is 0.494 e. The summed E-state index contributed by atoms with van der Waals surface area (Å²) in [5.74, 6) is 1.32. The molecule has 1 aromatic carbocycles. The molecule has 0 fully saturated rings. The van der Waals surface area contributed by atoms with E-state index >= 15 is 0 Å². The summed E-state index contributed by atoms with van der Waals surface area (Å²) in [7, 11) is 1.44. The summed E-state index contributed by atoms with van der Waals surface area (Å²) in [6.45, 7) is 4.84. The van der Waals surface area contributed by atoms with E-state index in [0.29, 0.717) is 11.5 Å². The fourth-order valence-corrected chi connectivity index (χ4v) is 2.05. The maximum atomic E-state index is 13.4. The molecule has 1 aromatic heterocycles. The van der Waals surface area contributed by atoms with Crippen LogP contribution in [0.3, 0.4) is 0 Å². The van der Waals surface area contributed by atoms with E-state index in [1.54, 1.807) is 12.1 Å². The zero-order valence-corrected chi connectivity index (χ0v) is 12.4. The van der Waals surface area contributed by atoms with Crippen LogP contribution in [-0.4, -0.2) is 23.6 Å². The molecule has 0 bridgehead atoms. The lowest BCUT2D eigenvalue weighted by molar-refractivity contribution is 0.387. The van der Waals surface area contributed by atoms with Crippen molar-refractivity contribution in [3.63, 3.8) is 0 Å². The molecule has 0 amide bonds. The second-order valence-electron chi connectivity index (χ2n) is 4.41. The predicted octanol–water partition coefficient (Wildman–Crippen LogP) is 3.36. The van der Waals surface area contributed by atoms with Crippen molar-refractivity contribution in [1.82, 2.24) is 9.97 Å². The first-order valence-corrected chi connectivity index (χ1v) is 6.87. The van der Waals surface area contributed by atoms with Crippen molar-refractivity contribution in [2.45, 2.75) is 20.3 Å². The van der Waals surface area contributed by atoms with E-state index in [-0.39, 0.29) is 5.75 Å². The number of halogens is 1. The minimum Gasteiger partial charge on any atom is -0.494 e. The lowest BCUT2D eigenvalue weighted by Crippen LogP contribution is -2.07. The van der Waals surface area contributed by atoms with Gasteiger partial charge in [-0.25, -0.2) is 14.4 Å². The Bertz CT molecular complexity index is 619. The molecule has 21 heavy (non-hydrogen) atoms. The summed E-state index contributed by atoms with van der Waals surface area (Å²) < 4.78 is 18.4. The summed E-state index contributed by atoms with van der Waals surface area (Å²) >= 11 is 0. The zero-order valence-electron chi connectivity index (χ0n) is 12.4. The van der Waals surface area contributed by atoms with Gasteiger partial charge in [-0.3, -0.25) is 0 Å². The average Bonchev–Trinajstić information content (AvgIpc) is 2.50. The lowest BCUT2D eigenvalue weighted by Gasteiger charge is -2.14. The predicted molar refractivity (Wildman–Crippen MR) is 81.8 cm³/mol. The smallest absolute Gasteiger partial charge is 0.165 e. The molecule has 0 saturated carbocycles. The Morgan fingerprint density at radius 2 is 1.95 bits per heavy atom. The summed E-state index contributed by atoms with van der Waals surface area (Å²) in [4.78, 5) is 8.51. The fraction of sp³-hybridized carbons (Fsp3) is 0.333. The number of aromatic nitrogens is 2. The first-order valence-electron chi connectivity index (χ1n) is 6.87. The van der Waals surface area contributed by atoms with Gasteiger partial charge >= 0.3 is 0 Å². The van der Waals surface area contributed by atoms with Gasteiger partial charge in [0.1, 0.15) is 18.0 Å². The zero-order chi connectivity index (χ0) is 15.2. The second-order valence-corrected chi connectivity index (χ2v) is 4.41. The molecule has 0 aliphatic rings. The van der Waals surface area contributed by atoms with Crippen LogP contribution in [0.5, 0.6) is 5.75 Å². The number of benzene rings is 1. The molecular formula is C15H19FN4O. The first-order chi connectivity index (χ1) is 10.2. The molecule has 0 aliphatic carbocycles. The summed E-state index contributed by atoms with van der Waals surface area (Å²) in [5, 5.41) is 6.40. The molecule has 0 atom stereocenters. The maximum Gasteiger partial charge on any atom is 0.165 e. The van der Waals surface area contributed by atoms with Crippen molar-refractivity contribution in [3.05, 3.63) is 35.9 Å². The standard InChI is InChI=1S/C15H19FN4O/c1-4-11-14(17-5-2)18-9-19-15(11)20-10-6-7-12(16)13(8-10)21-3/h6-9H,4-5H2,1-3H3,(H2,17,18,19,20). The van der Waals surface area contributed by atoms with Crippen LogP contribution in [0.4, 0.5) is 21.7 Å². The van der Waals surface area contributed by atoms with Gasteiger partial charge in [0.15, 0.2) is 11.6 Å². The second kappa shape index (κ2) is 6.88. The molecular weight excluding hydrogens is 271 g/mol. The highest BCUT2D eigenvalue weighted by Gasteiger charge is 2.10. The third-order valence-electron chi connectivity index (χ3n) is 3.06. The number of nitrogens with one attached hydrogen (secondary N) is 2. The quantitative estimate of drug-likeness (QED) is 0.854. The molecule has 112 valence electrons. The highest BCUT2D eigenvalue weighted by Crippen LogP contribution is 2.27. The minimum atomic E-state index is -0.394. The highest BCUT2D eigenvalue weighted by atomic mass is 19.1. The number of ether oxygens (including phenoxy) is 1. The van der Waals surface area contributed by atoms with Crippen molar-refractivity contribution < 1.29 is 9.13 Å². The first kappa shape index (κ1) is 15.0. The Morgan fingerprint density at radius 1 is 1.19 bits per heavy atom. The van der Waals surface area contributed by atoms with Crippen molar-refractivity contribution in [3.8, 4) is 5.75 Å². The van der Waals surface area contributed by atoms with Gasteiger partial charge in [0.25, 0.3) is 0 Å². The van der Waals surface area contributed by atoms with E-state index in [1.165, 1.54) is 19.5 Å². The van der Waals surface area contributed by atoms with Gasteiger partial charge in [0.2, 0.25) is 0 Å². The van der Waals surface area contributed by atoms with Gasteiger partial charge in [-0.2, -0.15) is 0 Å². The van der Waals surface area contributed by atoms with E-state index < -0.39 is 5.82 Å². The lowest BCUT2D eigenvalue weighted by atomic mass is 10.2. The van der Waals surface area contributed by atoms with E-state index in [2.05, 4.69) is 20.6 Å². The Morgan fingerprint density at radius 3 is 2.62 bits per heavy atom. The van der Waals surface area contributed by atoms with Crippen molar-refractivity contribution in [2.75, 3.05) is 24.3 Å². The van der Waals surface area contributed by atoms with Crippen LogP contribution in [0.15, 0.2) is 24.5 Å². The SMILES string of the molecule is CCNc1ncnc(Nc2ccc(F)c(OC)c2)c1CC. The van der Waals surface area contributed by atoms with E-state index in [9.17, 15) is 4.39 Å². The third kappa shape index (κ3) is 3.39.